The third-order valence-corrected chi connectivity index (χ3v) is 7.47. The molecule has 1 fully saturated rings. The molecule has 160 valence electrons. The van der Waals surface area contributed by atoms with Crippen molar-refractivity contribution in [3.05, 3.63) is 82.7 Å². The lowest BCUT2D eigenvalue weighted by Crippen LogP contribution is -2.45. The molecule has 1 aliphatic rings. The minimum atomic E-state index is -4.09. The fourth-order valence-corrected chi connectivity index (χ4v) is 5.28. The number of hydrogen-bond acceptors (Lipinski definition) is 5. The number of amides is 2. The number of benzene rings is 2. The molecule has 2 aromatic carbocycles. The van der Waals surface area contributed by atoms with Crippen molar-refractivity contribution >= 4 is 43.5 Å². The summed E-state index contributed by atoms with van der Waals surface area (Å²) in [4.78, 5) is 27.1. The Morgan fingerprint density at radius 2 is 1.74 bits per heavy atom. The summed E-state index contributed by atoms with van der Waals surface area (Å²) in [6.45, 7) is 1.73. The lowest BCUT2D eigenvalue weighted by molar-refractivity contribution is -0.122. The highest BCUT2D eigenvalue weighted by atomic mass is 79.9. The Morgan fingerprint density at radius 1 is 1.06 bits per heavy atom. The molecule has 1 unspecified atom stereocenters. The van der Waals surface area contributed by atoms with Crippen LogP contribution in [-0.4, -0.2) is 30.6 Å². The first-order chi connectivity index (χ1) is 14.8. The maximum atomic E-state index is 13.5. The summed E-state index contributed by atoms with van der Waals surface area (Å²) in [6.07, 6.45) is 1.18. The fraction of sp³-hybridized carbons (Fsp3) is 0.182. The van der Waals surface area contributed by atoms with E-state index in [1.54, 1.807) is 48.5 Å². The molecular formula is C22H19BrN2O5S. The average molecular weight is 503 g/mol. The third-order valence-electron chi connectivity index (χ3n) is 5.07. The van der Waals surface area contributed by atoms with Crippen LogP contribution < -0.4 is 4.90 Å². The Kier molecular flexibility index (Phi) is 5.83. The van der Waals surface area contributed by atoms with Crippen LogP contribution >= 0.6 is 15.9 Å². The normalized spacial score (nSPS) is 17.0. The van der Waals surface area contributed by atoms with E-state index in [-0.39, 0.29) is 17.9 Å². The van der Waals surface area contributed by atoms with Crippen LogP contribution in [0, 0.1) is 6.92 Å². The van der Waals surface area contributed by atoms with Gasteiger partial charge in [-0.2, -0.15) is 4.31 Å². The van der Waals surface area contributed by atoms with Gasteiger partial charge < -0.3 is 4.42 Å². The molecule has 2 heterocycles. The topological polar surface area (TPSA) is 87.9 Å². The second kappa shape index (κ2) is 8.41. The van der Waals surface area contributed by atoms with Crippen LogP contribution in [0.2, 0.25) is 0 Å². The second-order valence-electron chi connectivity index (χ2n) is 7.21. The summed E-state index contributed by atoms with van der Waals surface area (Å²) in [6, 6.07) is 15.2. The first-order valence-corrected chi connectivity index (χ1v) is 11.7. The quantitative estimate of drug-likeness (QED) is 0.477. The number of aryl methyl sites for hydroxylation is 1. The first-order valence-electron chi connectivity index (χ1n) is 9.50. The molecule has 0 bridgehead atoms. The molecule has 1 atom stereocenters. The van der Waals surface area contributed by atoms with Gasteiger partial charge in [0.2, 0.25) is 15.9 Å². The Balaban J connectivity index is 1.73. The maximum absolute atomic E-state index is 13.5. The molecule has 1 aromatic heterocycles. The number of halogens is 1. The minimum absolute atomic E-state index is 0.0243. The van der Waals surface area contributed by atoms with Gasteiger partial charge in [0, 0.05) is 4.47 Å². The highest BCUT2D eigenvalue weighted by molar-refractivity contribution is 9.10. The smallest absolute Gasteiger partial charge is 0.252 e. The van der Waals surface area contributed by atoms with Gasteiger partial charge in [-0.05, 0) is 55.5 Å². The number of carbonyl (C=O) groups excluding carboxylic acids is 2. The number of imide groups is 1. The lowest BCUT2D eigenvalue weighted by atomic mass is 10.2. The standard InChI is InChI=1S/C22H19BrN2O5S/c1-15-4-8-17(9-5-15)25-21(26)13-20(22(25)27)24(14-18-3-2-12-30-18)31(28,29)19-10-6-16(23)7-11-19/h2-12,20H,13-14H2,1H3. The van der Waals surface area contributed by atoms with Crippen LogP contribution in [-0.2, 0) is 26.2 Å². The molecule has 1 saturated heterocycles. The highest BCUT2D eigenvalue weighted by Crippen LogP contribution is 2.31. The molecule has 0 N–H and O–H groups in total. The van der Waals surface area contributed by atoms with E-state index in [2.05, 4.69) is 15.9 Å². The summed E-state index contributed by atoms with van der Waals surface area (Å²) in [7, 11) is -4.09. The van der Waals surface area contributed by atoms with Crippen LogP contribution in [0.4, 0.5) is 5.69 Å². The zero-order valence-electron chi connectivity index (χ0n) is 16.6. The summed E-state index contributed by atoms with van der Waals surface area (Å²) >= 11 is 3.29. The maximum Gasteiger partial charge on any atom is 0.252 e. The summed E-state index contributed by atoms with van der Waals surface area (Å²) in [5.41, 5.74) is 1.40. The molecule has 31 heavy (non-hydrogen) atoms. The third kappa shape index (κ3) is 4.21. The molecule has 2 amide bonds. The van der Waals surface area contributed by atoms with Gasteiger partial charge in [0.15, 0.2) is 0 Å². The molecule has 0 aliphatic carbocycles. The largest absolute Gasteiger partial charge is 0.468 e. The van der Waals surface area contributed by atoms with E-state index >= 15 is 0 Å². The highest BCUT2D eigenvalue weighted by Gasteiger charge is 2.47. The molecule has 3 aromatic rings. The molecule has 7 nitrogen and oxygen atoms in total. The average Bonchev–Trinajstić information content (AvgIpc) is 3.35. The zero-order valence-corrected chi connectivity index (χ0v) is 19.0. The summed E-state index contributed by atoms with van der Waals surface area (Å²) in [5.74, 6) is -0.662. The number of carbonyl (C=O) groups is 2. The number of rotatable bonds is 6. The van der Waals surface area contributed by atoms with E-state index in [1.807, 2.05) is 6.92 Å². The van der Waals surface area contributed by atoms with E-state index in [4.69, 9.17) is 4.42 Å². The molecule has 1 aliphatic heterocycles. The molecule has 0 saturated carbocycles. The van der Waals surface area contributed by atoms with Gasteiger partial charge >= 0.3 is 0 Å². The van der Waals surface area contributed by atoms with Crippen molar-refractivity contribution in [2.45, 2.75) is 30.8 Å². The van der Waals surface area contributed by atoms with Crippen molar-refractivity contribution < 1.29 is 22.4 Å². The summed E-state index contributed by atoms with van der Waals surface area (Å²) in [5, 5.41) is 0. The Hall–Kier alpha value is -2.75. The SMILES string of the molecule is Cc1ccc(N2C(=O)CC(N(Cc3ccco3)S(=O)(=O)c3ccc(Br)cc3)C2=O)cc1. The molecule has 0 radical (unpaired) electrons. The van der Waals surface area contributed by atoms with Gasteiger partial charge in [0.05, 0.1) is 29.8 Å². The van der Waals surface area contributed by atoms with Crippen molar-refractivity contribution in [2.75, 3.05) is 4.90 Å². The van der Waals surface area contributed by atoms with Gasteiger partial charge in [-0.1, -0.05) is 33.6 Å². The Labute approximate surface area is 188 Å². The predicted octanol–water partition coefficient (Wildman–Crippen LogP) is 3.87. The molecule has 9 heteroatoms. The van der Waals surface area contributed by atoms with Crippen molar-refractivity contribution in [1.82, 2.24) is 4.31 Å². The van der Waals surface area contributed by atoms with E-state index in [1.165, 1.54) is 18.4 Å². The number of anilines is 1. The zero-order chi connectivity index (χ0) is 22.2. The van der Waals surface area contributed by atoms with Gasteiger partial charge in [-0.3, -0.25) is 9.59 Å². The molecular weight excluding hydrogens is 484 g/mol. The van der Waals surface area contributed by atoms with Crippen LogP contribution in [0.15, 0.2) is 80.7 Å². The van der Waals surface area contributed by atoms with E-state index in [9.17, 15) is 18.0 Å². The van der Waals surface area contributed by atoms with Crippen molar-refractivity contribution in [3.8, 4) is 0 Å². The number of hydrogen-bond donors (Lipinski definition) is 0. The minimum Gasteiger partial charge on any atom is -0.468 e. The van der Waals surface area contributed by atoms with E-state index in [0.29, 0.717) is 11.4 Å². The van der Waals surface area contributed by atoms with E-state index < -0.39 is 27.9 Å². The molecule has 0 spiro atoms. The van der Waals surface area contributed by atoms with Crippen molar-refractivity contribution in [3.63, 3.8) is 0 Å². The van der Waals surface area contributed by atoms with Gasteiger partial charge in [0.1, 0.15) is 11.8 Å². The molecule has 4 rings (SSSR count). The Bertz CT molecular complexity index is 1210. The summed E-state index contributed by atoms with van der Waals surface area (Å²) < 4.78 is 34.1. The second-order valence-corrected chi connectivity index (χ2v) is 10.0. The van der Waals surface area contributed by atoms with Crippen molar-refractivity contribution in [2.24, 2.45) is 0 Å². The van der Waals surface area contributed by atoms with Gasteiger partial charge in [-0.25, -0.2) is 13.3 Å². The van der Waals surface area contributed by atoms with Gasteiger partial charge in [-0.15, -0.1) is 0 Å². The van der Waals surface area contributed by atoms with Crippen molar-refractivity contribution in [1.29, 1.82) is 0 Å². The number of furan rings is 1. The van der Waals surface area contributed by atoms with Crippen LogP contribution in [0.5, 0.6) is 0 Å². The van der Waals surface area contributed by atoms with Crippen LogP contribution in [0.3, 0.4) is 0 Å². The first kappa shape index (κ1) is 21.5. The predicted molar refractivity (Wildman–Crippen MR) is 118 cm³/mol. The Morgan fingerprint density at radius 3 is 2.35 bits per heavy atom. The number of nitrogens with zero attached hydrogens (tertiary/aromatic N) is 2. The van der Waals surface area contributed by atoms with E-state index in [0.717, 1.165) is 19.2 Å². The monoisotopic (exact) mass is 502 g/mol. The van der Waals surface area contributed by atoms with Crippen LogP contribution in [0.25, 0.3) is 0 Å². The van der Waals surface area contributed by atoms with Gasteiger partial charge in [0.25, 0.3) is 5.91 Å². The van der Waals surface area contributed by atoms with Crippen LogP contribution in [0.1, 0.15) is 17.7 Å². The fourth-order valence-electron chi connectivity index (χ4n) is 3.47. The lowest BCUT2D eigenvalue weighted by Gasteiger charge is -2.26. The number of sulfonamides is 1.